The summed E-state index contributed by atoms with van der Waals surface area (Å²) in [5.41, 5.74) is 10.9. The summed E-state index contributed by atoms with van der Waals surface area (Å²) in [6, 6.07) is 0. The molecule has 0 radical (unpaired) electrons. The molecule has 156 valence electrons. The first-order valence-electron chi connectivity index (χ1n) is 11.3. The summed E-state index contributed by atoms with van der Waals surface area (Å²) in [6.07, 6.45) is 17.8. The highest BCUT2D eigenvalue weighted by Gasteiger charge is 2.22. The minimum absolute atomic E-state index is 0.995. The predicted molar refractivity (Wildman–Crippen MR) is 131 cm³/mol. The second kappa shape index (κ2) is 7.83. The lowest BCUT2D eigenvalue weighted by Crippen LogP contribution is -2.03. The minimum Gasteiger partial charge on any atom is -0.346 e. The molecule has 3 heterocycles. The molecule has 3 aromatic heterocycles. The Bertz CT molecular complexity index is 1350. The molecule has 2 heteroatoms. The summed E-state index contributed by atoms with van der Waals surface area (Å²) >= 11 is 0. The topological polar surface area (TPSA) is 9.34 Å². The maximum absolute atomic E-state index is 4.57. The van der Waals surface area contributed by atoms with Crippen LogP contribution in [0.2, 0.25) is 0 Å². The number of hydrogen-bond donors (Lipinski definition) is 0. The minimum atomic E-state index is 0.995. The molecule has 3 aromatic rings. The fraction of sp³-hybridized carbons (Fsp3) is 0.357. The zero-order valence-electron chi connectivity index (χ0n) is 19.4. The molecule has 0 N–H and O–H groups in total. The van der Waals surface area contributed by atoms with Crippen LogP contribution >= 0.6 is 0 Å². The van der Waals surface area contributed by atoms with E-state index in [-0.39, 0.29) is 0 Å². The van der Waals surface area contributed by atoms with Gasteiger partial charge in [0.1, 0.15) is 0 Å². The first-order valence-corrected chi connectivity index (χ1v) is 11.3. The lowest BCUT2D eigenvalue weighted by atomic mass is 10.0. The molecule has 1 aliphatic carbocycles. The summed E-state index contributed by atoms with van der Waals surface area (Å²) in [4.78, 5) is 0. The molecule has 0 unspecified atom stereocenters. The molecule has 0 bridgehead atoms. The van der Waals surface area contributed by atoms with E-state index < -0.39 is 0 Å². The zero-order chi connectivity index (χ0) is 21.6. The lowest BCUT2D eigenvalue weighted by Gasteiger charge is -2.07. The standard InChI is InChI=1S/C28H34N2/c1-8-11-15-22-23(10-3)30-24(14-9-2)18(4)19(5)28(30)26(22)27-20(6)21-16-12-13-17-25(21)29(27)7/h9,11-12,14-16H,6,8,10,13,17H2,1-5,7H3/b14-9-,15-11-,27-26+. The Kier molecular flexibility index (Phi) is 5.36. The molecule has 0 aliphatic heterocycles. The van der Waals surface area contributed by atoms with E-state index in [1.54, 1.807) is 0 Å². The van der Waals surface area contributed by atoms with Crippen molar-refractivity contribution in [2.45, 2.75) is 60.3 Å². The van der Waals surface area contributed by atoms with Crippen LogP contribution < -0.4 is 5.22 Å². The molecule has 0 amide bonds. The molecule has 30 heavy (non-hydrogen) atoms. The molecule has 4 rings (SSSR count). The summed E-state index contributed by atoms with van der Waals surface area (Å²) in [5, 5.41) is 3.79. The zero-order valence-corrected chi connectivity index (χ0v) is 19.4. The Labute approximate surface area is 180 Å². The van der Waals surface area contributed by atoms with Crippen molar-refractivity contribution in [1.29, 1.82) is 0 Å². The van der Waals surface area contributed by atoms with Gasteiger partial charge in [-0.1, -0.05) is 50.8 Å². The maximum atomic E-state index is 4.57. The summed E-state index contributed by atoms with van der Waals surface area (Å²) in [7, 11) is 2.22. The van der Waals surface area contributed by atoms with E-state index in [4.69, 9.17) is 0 Å². The van der Waals surface area contributed by atoms with Crippen molar-refractivity contribution in [1.82, 2.24) is 8.97 Å². The van der Waals surface area contributed by atoms with Gasteiger partial charge in [0.2, 0.25) is 0 Å². The third-order valence-corrected chi connectivity index (χ3v) is 6.76. The average Bonchev–Trinajstić information content (AvgIpc) is 3.29. The van der Waals surface area contributed by atoms with Crippen molar-refractivity contribution in [3.05, 3.63) is 73.4 Å². The van der Waals surface area contributed by atoms with Crippen LogP contribution in [0, 0.1) is 24.4 Å². The van der Waals surface area contributed by atoms with Crippen molar-refractivity contribution in [3.8, 4) is 0 Å². The molecular weight excluding hydrogens is 364 g/mol. The first-order chi connectivity index (χ1) is 14.5. The molecular formula is C28H34N2. The van der Waals surface area contributed by atoms with E-state index in [2.05, 4.69) is 93.7 Å². The van der Waals surface area contributed by atoms with Gasteiger partial charge in [-0.2, -0.15) is 0 Å². The summed E-state index contributed by atoms with van der Waals surface area (Å²) in [6.45, 7) is 15.7. The van der Waals surface area contributed by atoms with Crippen molar-refractivity contribution < 1.29 is 0 Å². The van der Waals surface area contributed by atoms with Gasteiger partial charge in [-0.3, -0.25) is 0 Å². The van der Waals surface area contributed by atoms with Crippen molar-refractivity contribution in [2.75, 3.05) is 0 Å². The number of fused-ring (bicyclic) bond motifs is 2. The summed E-state index contributed by atoms with van der Waals surface area (Å²) < 4.78 is 4.92. The number of aromatic nitrogens is 2. The van der Waals surface area contributed by atoms with E-state index in [0.717, 1.165) is 30.9 Å². The van der Waals surface area contributed by atoms with Crippen LogP contribution in [-0.4, -0.2) is 8.97 Å². The third-order valence-electron chi connectivity index (χ3n) is 6.76. The van der Waals surface area contributed by atoms with Gasteiger partial charge >= 0.3 is 0 Å². The van der Waals surface area contributed by atoms with Crippen molar-refractivity contribution >= 4 is 30.3 Å². The number of allylic oxidation sites excluding steroid dienone is 3. The van der Waals surface area contributed by atoms with Gasteiger partial charge in [0.05, 0.1) is 10.9 Å². The smallest absolute Gasteiger partial charge is 0.0591 e. The normalized spacial score (nSPS) is 15.3. The number of nitrogens with zero attached hydrogens (tertiary/aromatic N) is 2. The predicted octanol–water partition coefficient (Wildman–Crippen LogP) is 6.29. The molecule has 0 aromatic carbocycles. The van der Waals surface area contributed by atoms with E-state index in [1.165, 1.54) is 55.4 Å². The van der Waals surface area contributed by atoms with Crippen LogP contribution in [0.3, 0.4) is 0 Å². The first kappa shape index (κ1) is 20.5. The van der Waals surface area contributed by atoms with Crippen molar-refractivity contribution in [3.63, 3.8) is 0 Å². The SMILES string of the molecule is C=c1c2c(n(C)/c1=c1\c(/C=C\CC)c(CC)n3c(/C=C\C)c(C)c(C)c13)CCC=C2. The largest absolute Gasteiger partial charge is 0.346 e. The number of hydrogen-bond acceptors (Lipinski definition) is 0. The molecule has 0 saturated carbocycles. The molecule has 0 saturated heterocycles. The van der Waals surface area contributed by atoms with Crippen molar-refractivity contribution in [2.24, 2.45) is 7.05 Å². The van der Waals surface area contributed by atoms with Gasteiger partial charge in [-0.25, -0.2) is 0 Å². The van der Waals surface area contributed by atoms with Crippen LogP contribution in [0.5, 0.6) is 0 Å². The van der Waals surface area contributed by atoms with E-state index in [0.29, 0.717) is 0 Å². The quantitative estimate of drug-likeness (QED) is 0.489. The van der Waals surface area contributed by atoms with Crippen LogP contribution in [0.15, 0.2) is 18.2 Å². The number of rotatable bonds is 4. The second-order valence-electron chi connectivity index (χ2n) is 8.41. The van der Waals surface area contributed by atoms with Gasteiger partial charge in [0.25, 0.3) is 0 Å². The van der Waals surface area contributed by atoms with Crippen LogP contribution in [0.25, 0.3) is 30.3 Å². The van der Waals surface area contributed by atoms with Gasteiger partial charge in [-0.05, 0) is 63.7 Å². The Balaban J connectivity index is 2.39. The van der Waals surface area contributed by atoms with E-state index in [9.17, 15) is 0 Å². The fourth-order valence-corrected chi connectivity index (χ4v) is 5.22. The van der Waals surface area contributed by atoms with Gasteiger partial charge in [0, 0.05) is 45.7 Å². The monoisotopic (exact) mass is 398 g/mol. The Morgan fingerprint density at radius 1 is 1.13 bits per heavy atom. The Hall–Kier alpha value is -2.74. The highest BCUT2D eigenvalue weighted by atomic mass is 15.0. The van der Waals surface area contributed by atoms with Crippen LogP contribution in [0.1, 0.15) is 72.9 Å². The molecule has 0 atom stereocenters. The Morgan fingerprint density at radius 3 is 2.53 bits per heavy atom. The molecule has 0 spiro atoms. The average molecular weight is 399 g/mol. The Morgan fingerprint density at radius 2 is 1.90 bits per heavy atom. The fourth-order valence-electron chi connectivity index (χ4n) is 5.22. The molecule has 2 nitrogen and oxygen atoms in total. The maximum Gasteiger partial charge on any atom is 0.0591 e. The van der Waals surface area contributed by atoms with Crippen LogP contribution in [-0.2, 0) is 19.9 Å². The van der Waals surface area contributed by atoms with Gasteiger partial charge in [0.15, 0.2) is 0 Å². The molecule has 1 aliphatic rings. The lowest BCUT2D eigenvalue weighted by molar-refractivity contribution is 0.785. The third kappa shape index (κ3) is 2.77. The highest BCUT2D eigenvalue weighted by Crippen LogP contribution is 2.32. The van der Waals surface area contributed by atoms with Crippen LogP contribution in [0.4, 0.5) is 0 Å². The highest BCUT2D eigenvalue weighted by molar-refractivity contribution is 5.76. The van der Waals surface area contributed by atoms with Gasteiger partial charge < -0.3 is 8.97 Å². The van der Waals surface area contributed by atoms with Gasteiger partial charge in [-0.15, -0.1) is 0 Å². The summed E-state index contributed by atoms with van der Waals surface area (Å²) in [5.74, 6) is 0. The second-order valence-corrected chi connectivity index (χ2v) is 8.41. The van der Waals surface area contributed by atoms with E-state index in [1.807, 2.05) is 0 Å². The number of aryl methyl sites for hydroxylation is 2. The van der Waals surface area contributed by atoms with E-state index >= 15 is 0 Å². The molecule has 0 fully saturated rings.